The number of carboxylic acids is 2. The number of hydrogen-bond donors (Lipinski definition) is 6. The van der Waals surface area contributed by atoms with Crippen LogP contribution in [-0.4, -0.2) is 80.2 Å². The van der Waals surface area contributed by atoms with Crippen molar-refractivity contribution in [3.05, 3.63) is 83.4 Å². The van der Waals surface area contributed by atoms with E-state index in [0.29, 0.717) is 16.7 Å². The molecule has 0 aliphatic carbocycles. The molecule has 1 fully saturated rings. The summed E-state index contributed by atoms with van der Waals surface area (Å²) < 4.78 is 0. The molecule has 3 aromatic rings. The number of carbonyl (C=O) groups is 6. The molecule has 3 atom stereocenters. The second-order valence-electron chi connectivity index (χ2n) is 11.8. The van der Waals surface area contributed by atoms with Gasteiger partial charge in [-0.05, 0) is 40.8 Å². The molecule has 47 heavy (non-hydrogen) atoms. The van der Waals surface area contributed by atoms with Crippen molar-refractivity contribution in [2.24, 2.45) is 11.7 Å². The molecular weight excluding hydrogens is 608 g/mol. The predicted molar refractivity (Wildman–Crippen MR) is 170 cm³/mol. The van der Waals surface area contributed by atoms with Gasteiger partial charge >= 0.3 is 18.0 Å². The van der Waals surface area contributed by atoms with E-state index in [1.54, 1.807) is 38.1 Å². The summed E-state index contributed by atoms with van der Waals surface area (Å²) in [5.41, 5.74) is 5.49. The van der Waals surface area contributed by atoms with Gasteiger partial charge in [0.15, 0.2) is 0 Å². The monoisotopic (exact) mass is 644 g/mol. The summed E-state index contributed by atoms with van der Waals surface area (Å²) in [6.07, 6.45) is -0.877. The third-order valence-electron chi connectivity index (χ3n) is 8.14. The van der Waals surface area contributed by atoms with Gasteiger partial charge in [-0.3, -0.25) is 29.5 Å². The first-order chi connectivity index (χ1) is 22.1. The van der Waals surface area contributed by atoms with Gasteiger partial charge in [0, 0.05) is 12.1 Å². The summed E-state index contributed by atoms with van der Waals surface area (Å²) >= 11 is 0. The number of nitrogens with one attached hydrogen (secondary N) is 3. The van der Waals surface area contributed by atoms with Crippen LogP contribution in [0.3, 0.4) is 0 Å². The minimum atomic E-state index is -1.69. The van der Waals surface area contributed by atoms with Gasteiger partial charge in [0.25, 0.3) is 5.91 Å². The minimum absolute atomic E-state index is 0.0195. The Morgan fingerprint density at radius 1 is 0.936 bits per heavy atom. The van der Waals surface area contributed by atoms with Crippen molar-refractivity contribution >= 4 is 52.3 Å². The molecule has 1 unspecified atom stereocenters. The zero-order valence-electron chi connectivity index (χ0n) is 26.0. The number of fused-ring (bicyclic) bond motifs is 1. The Morgan fingerprint density at radius 3 is 2.15 bits per heavy atom. The van der Waals surface area contributed by atoms with E-state index in [1.807, 2.05) is 42.5 Å². The highest BCUT2D eigenvalue weighted by Crippen LogP contribution is 2.39. The maximum Gasteiger partial charge on any atom is 0.328 e. The molecule has 4 rings (SSSR count). The molecule has 3 aromatic carbocycles. The van der Waals surface area contributed by atoms with E-state index < -0.39 is 72.2 Å². The van der Waals surface area contributed by atoms with E-state index in [4.69, 9.17) is 11.1 Å². The van der Waals surface area contributed by atoms with Crippen molar-refractivity contribution < 1.29 is 39.0 Å². The summed E-state index contributed by atoms with van der Waals surface area (Å²) in [7, 11) is 0. The van der Waals surface area contributed by atoms with Gasteiger partial charge in [-0.1, -0.05) is 74.5 Å². The number of rotatable bonds is 13. The summed E-state index contributed by atoms with van der Waals surface area (Å²) in [6, 6.07) is 15.6. The number of imide groups is 1. The maximum atomic E-state index is 14.1. The Hall–Kier alpha value is -5.79. The average Bonchev–Trinajstić information content (AvgIpc) is 3.19. The first kappa shape index (κ1) is 34.1. The quantitative estimate of drug-likeness (QED) is 0.0908. The lowest BCUT2D eigenvalue weighted by Crippen LogP contribution is -2.55. The topological polar surface area (TPSA) is 223 Å². The Balaban J connectivity index is 1.64. The van der Waals surface area contributed by atoms with E-state index in [0.717, 1.165) is 15.7 Å². The number of urea groups is 1. The van der Waals surface area contributed by atoms with Crippen LogP contribution in [0.5, 0.6) is 0 Å². The second-order valence-corrected chi connectivity index (χ2v) is 11.8. The SMILES string of the molecule is CC(C)[C@H](NC(=O)[C@H](CC(=O)O)NC(=O)CN1C(=O)N(Cc2ccc3ccccc3c2)C(C)(c2ccc(C(=N)N)cc2)C1=O)C(=O)O. The number of carbonyl (C=O) groups excluding carboxylic acids is 4. The normalized spacial score (nSPS) is 17.4. The van der Waals surface area contributed by atoms with Crippen LogP contribution in [0.2, 0.25) is 0 Å². The van der Waals surface area contributed by atoms with Gasteiger partial charge in [0.05, 0.1) is 6.42 Å². The van der Waals surface area contributed by atoms with Crippen LogP contribution in [0.1, 0.15) is 43.9 Å². The third-order valence-corrected chi connectivity index (χ3v) is 8.14. The zero-order valence-corrected chi connectivity index (χ0v) is 26.0. The molecule has 14 nitrogen and oxygen atoms in total. The van der Waals surface area contributed by atoms with Crippen molar-refractivity contribution in [1.29, 1.82) is 5.41 Å². The fourth-order valence-corrected chi connectivity index (χ4v) is 5.48. The third kappa shape index (κ3) is 7.21. The van der Waals surface area contributed by atoms with Crippen LogP contribution in [0.15, 0.2) is 66.7 Å². The van der Waals surface area contributed by atoms with Crippen molar-refractivity contribution in [2.45, 2.75) is 51.4 Å². The molecule has 246 valence electrons. The molecule has 0 radical (unpaired) electrons. The molecule has 0 bridgehead atoms. The van der Waals surface area contributed by atoms with Gasteiger partial charge in [-0.15, -0.1) is 0 Å². The second kappa shape index (κ2) is 13.7. The number of nitrogen functional groups attached to an aromatic ring is 1. The fraction of sp³-hybridized carbons (Fsp3) is 0.303. The predicted octanol–water partition coefficient (Wildman–Crippen LogP) is 1.99. The smallest absolute Gasteiger partial charge is 0.328 e. The molecule has 0 spiro atoms. The number of nitrogens with two attached hydrogens (primary N) is 1. The number of hydrogen-bond acceptors (Lipinski definition) is 7. The highest BCUT2D eigenvalue weighted by molar-refractivity contribution is 6.09. The molecular formula is C33H36N6O8. The first-order valence-corrected chi connectivity index (χ1v) is 14.7. The lowest BCUT2D eigenvalue weighted by atomic mass is 9.89. The van der Waals surface area contributed by atoms with Gasteiger partial charge in [0.2, 0.25) is 11.8 Å². The van der Waals surface area contributed by atoms with E-state index in [9.17, 15) is 39.0 Å². The van der Waals surface area contributed by atoms with Crippen LogP contribution in [0, 0.1) is 11.3 Å². The molecule has 14 heteroatoms. The molecule has 0 aromatic heterocycles. The van der Waals surface area contributed by atoms with E-state index >= 15 is 0 Å². The fourth-order valence-electron chi connectivity index (χ4n) is 5.48. The summed E-state index contributed by atoms with van der Waals surface area (Å²) in [4.78, 5) is 79.2. The molecule has 1 aliphatic rings. The van der Waals surface area contributed by atoms with E-state index in [2.05, 4.69) is 10.6 Å². The van der Waals surface area contributed by atoms with Crippen molar-refractivity contribution in [1.82, 2.24) is 20.4 Å². The summed E-state index contributed by atoms with van der Waals surface area (Å²) in [5, 5.41) is 32.9. The minimum Gasteiger partial charge on any atom is -0.481 e. The summed E-state index contributed by atoms with van der Waals surface area (Å²) in [5.74, 6) is -6.33. The molecule has 1 heterocycles. The van der Waals surface area contributed by atoms with Crippen LogP contribution < -0.4 is 16.4 Å². The zero-order chi connectivity index (χ0) is 34.6. The van der Waals surface area contributed by atoms with E-state index in [1.165, 1.54) is 11.8 Å². The average molecular weight is 645 g/mol. The number of nitrogens with zero attached hydrogens (tertiary/aromatic N) is 2. The van der Waals surface area contributed by atoms with Crippen LogP contribution >= 0.6 is 0 Å². The van der Waals surface area contributed by atoms with Crippen molar-refractivity contribution in [3.8, 4) is 0 Å². The highest BCUT2D eigenvalue weighted by Gasteiger charge is 2.55. The largest absolute Gasteiger partial charge is 0.481 e. The number of benzene rings is 3. The molecule has 5 amide bonds. The lowest BCUT2D eigenvalue weighted by molar-refractivity contribution is -0.144. The van der Waals surface area contributed by atoms with E-state index in [-0.39, 0.29) is 12.4 Å². The maximum absolute atomic E-state index is 14.1. The van der Waals surface area contributed by atoms with Crippen LogP contribution in [-0.2, 0) is 36.1 Å². The van der Waals surface area contributed by atoms with Crippen LogP contribution in [0.4, 0.5) is 4.79 Å². The molecule has 7 N–H and O–H groups in total. The first-order valence-electron chi connectivity index (χ1n) is 14.7. The van der Waals surface area contributed by atoms with Gasteiger partial charge in [-0.2, -0.15) is 0 Å². The standard InChI is InChI=1S/C33H36N6O8/c1-18(2)27(30(44)45)37-29(43)24(15-26(41)42)36-25(40)17-38-31(46)33(3,23-12-10-21(11-13-23)28(34)35)39(32(38)47)16-19-8-9-20-6-4-5-7-22(20)14-19/h4-14,18,24,27H,15-17H2,1-3H3,(H3,34,35)(H,36,40)(H,37,43)(H,41,42)(H,44,45)/t24-,27-,33?/m0/s1. The Kier molecular flexibility index (Phi) is 9.93. The lowest BCUT2D eigenvalue weighted by Gasteiger charge is -2.32. The summed E-state index contributed by atoms with van der Waals surface area (Å²) in [6.45, 7) is 3.76. The molecule has 1 saturated heterocycles. The Morgan fingerprint density at radius 2 is 1.57 bits per heavy atom. The van der Waals surface area contributed by atoms with Gasteiger partial charge < -0.3 is 31.5 Å². The number of amides is 5. The molecule has 1 aliphatic heterocycles. The van der Waals surface area contributed by atoms with Gasteiger partial charge in [0.1, 0.15) is 30.0 Å². The number of amidine groups is 1. The highest BCUT2D eigenvalue weighted by atomic mass is 16.4. The van der Waals surface area contributed by atoms with Gasteiger partial charge in [-0.25, -0.2) is 9.59 Å². The van der Waals surface area contributed by atoms with Crippen molar-refractivity contribution in [2.75, 3.05) is 6.54 Å². The Labute approximate surface area is 270 Å². The number of aliphatic carboxylic acids is 2. The van der Waals surface area contributed by atoms with Crippen LogP contribution in [0.25, 0.3) is 10.8 Å². The van der Waals surface area contributed by atoms with Crippen molar-refractivity contribution in [3.63, 3.8) is 0 Å². The Bertz CT molecular complexity index is 1760. The molecule has 0 saturated carbocycles. The number of carboxylic acid groups (broad SMARTS) is 2.